The van der Waals surface area contributed by atoms with E-state index in [1.165, 1.54) is 0 Å². The summed E-state index contributed by atoms with van der Waals surface area (Å²) in [6, 6.07) is 1.86. The highest BCUT2D eigenvalue weighted by Crippen LogP contribution is 2.37. The summed E-state index contributed by atoms with van der Waals surface area (Å²) in [5, 5.41) is 9.15. The van der Waals surface area contributed by atoms with E-state index in [-0.39, 0.29) is 6.61 Å². The van der Waals surface area contributed by atoms with Crippen molar-refractivity contribution in [3.63, 3.8) is 0 Å². The van der Waals surface area contributed by atoms with E-state index in [4.69, 9.17) is 14.6 Å². The summed E-state index contributed by atoms with van der Waals surface area (Å²) in [4.78, 5) is 0. The monoisotopic (exact) mass is 194 g/mol. The minimum atomic E-state index is 0.0450. The van der Waals surface area contributed by atoms with Crippen LogP contribution in [0.3, 0.4) is 0 Å². The van der Waals surface area contributed by atoms with Crippen molar-refractivity contribution < 1.29 is 14.6 Å². The number of ether oxygens (including phenoxy) is 2. The number of benzene rings is 1. The van der Waals surface area contributed by atoms with Crippen LogP contribution in [0.5, 0.6) is 11.5 Å². The van der Waals surface area contributed by atoms with E-state index >= 15 is 0 Å². The first kappa shape index (κ1) is 9.34. The molecule has 0 saturated carbocycles. The Balaban J connectivity index is 2.57. The lowest BCUT2D eigenvalue weighted by atomic mass is 10.0. The summed E-state index contributed by atoms with van der Waals surface area (Å²) in [6.07, 6.45) is 0. The topological polar surface area (TPSA) is 38.7 Å². The largest absolute Gasteiger partial charge is 0.486 e. The second kappa shape index (κ2) is 3.50. The highest BCUT2D eigenvalue weighted by Gasteiger charge is 2.17. The minimum absolute atomic E-state index is 0.0450. The summed E-state index contributed by atoms with van der Waals surface area (Å²) in [5.74, 6) is 1.58. The Morgan fingerprint density at radius 3 is 2.64 bits per heavy atom. The maximum atomic E-state index is 9.15. The maximum Gasteiger partial charge on any atom is 0.164 e. The molecule has 0 saturated heterocycles. The fraction of sp³-hybridized carbons (Fsp3) is 0.455. The van der Waals surface area contributed by atoms with Gasteiger partial charge in [-0.25, -0.2) is 0 Å². The Labute approximate surface area is 83.3 Å². The highest BCUT2D eigenvalue weighted by molar-refractivity contribution is 5.53. The molecule has 0 radical (unpaired) electrons. The fourth-order valence-electron chi connectivity index (χ4n) is 1.67. The van der Waals surface area contributed by atoms with Crippen molar-refractivity contribution in [1.82, 2.24) is 0 Å². The molecular formula is C11H14O3. The van der Waals surface area contributed by atoms with Gasteiger partial charge in [-0.2, -0.15) is 0 Å². The molecule has 76 valence electrons. The van der Waals surface area contributed by atoms with Gasteiger partial charge in [-0.05, 0) is 36.6 Å². The lowest BCUT2D eigenvalue weighted by Crippen LogP contribution is -2.17. The second-order valence-electron chi connectivity index (χ2n) is 3.47. The zero-order chi connectivity index (χ0) is 10.1. The first-order valence-electron chi connectivity index (χ1n) is 4.73. The van der Waals surface area contributed by atoms with Crippen molar-refractivity contribution in [2.75, 3.05) is 13.2 Å². The lowest BCUT2D eigenvalue weighted by molar-refractivity contribution is 0.169. The van der Waals surface area contributed by atoms with E-state index in [9.17, 15) is 0 Å². The van der Waals surface area contributed by atoms with Crippen LogP contribution in [0.15, 0.2) is 6.07 Å². The Kier molecular flexibility index (Phi) is 2.33. The van der Waals surface area contributed by atoms with Crippen molar-refractivity contribution in [2.24, 2.45) is 0 Å². The number of rotatable bonds is 1. The van der Waals surface area contributed by atoms with E-state index in [0.29, 0.717) is 13.2 Å². The molecule has 0 aliphatic carbocycles. The highest BCUT2D eigenvalue weighted by atomic mass is 16.6. The zero-order valence-corrected chi connectivity index (χ0v) is 8.46. The molecule has 1 heterocycles. The van der Waals surface area contributed by atoms with Gasteiger partial charge in [-0.15, -0.1) is 0 Å². The van der Waals surface area contributed by atoms with Crippen LogP contribution in [-0.4, -0.2) is 18.3 Å². The fourth-order valence-corrected chi connectivity index (χ4v) is 1.67. The van der Waals surface area contributed by atoms with Gasteiger partial charge in [0.2, 0.25) is 0 Å². The Hall–Kier alpha value is -1.22. The van der Waals surface area contributed by atoms with Crippen LogP contribution in [-0.2, 0) is 6.61 Å². The number of aliphatic hydroxyl groups is 1. The van der Waals surface area contributed by atoms with E-state index in [1.54, 1.807) is 0 Å². The number of aliphatic hydroxyl groups excluding tert-OH is 1. The van der Waals surface area contributed by atoms with Gasteiger partial charge in [-0.3, -0.25) is 0 Å². The van der Waals surface area contributed by atoms with Gasteiger partial charge in [0.25, 0.3) is 0 Å². The summed E-state index contributed by atoms with van der Waals surface area (Å²) in [5.41, 5.74) is 3.05. The van der Waals surface area contributed by atoms with Gasteiger partial charge in [0, 0.05) is 0 Å². The predicted molar refractivity (Wildman–Crippen MR) is 52.8 cm³/mol. The van der Waals surface area contributed by atoms with Gasteiger partial charge in [0.1, 0.15) is 13.2 Å². The smallest absolute Gasteiger partial charge is 0.164 e. The quantitative estimate of drug-likeness (QED) is 0.737. The Bertz CT molecular complexity index is 358. The van der Waals surface area contributed by atoms with Crippen molar-refractivity contribution in [3.8, 4) is 11.5 Å². The zero-order valence-electron chi connectivity index (χ0n) is 8.46. The van der Waals surface area contributed by atoms with Crippen molar-refractivity contribution in [3.05, 3.63) is 22.8 Å². The van der Waals surface area contributed by atoms with Crippen molar-refractivity contribution in [2.45, 2.75) is 20.5 Å². The van der Waals surface area contributed by atoms with Crippen LogP contribution >= 0.6 is 0 Å². The van der Waals surface area contributed by atoms with E-state index in [0.717, 1.165) is 28.2 Å². The van der Waals surface area contributed by atoms with E-state index < -0.39 is 0 Å². The molecule has 0 fully saturated rings. The third kappa shape index (κ3) is 1.34. The minimum Gasteiger partial charge on any atom is -0.486 e. The molecule has 1 aliphatic rings. The van der Waals surface area contributed by atoms with Gasteiger partial charge >= 0.3 is 0 Å². The normalized spacial score (nSPS) is 14.2. The predicted octanol–water partition coefficient (Wildman–Crippen LogP) is 1.57. The molecule has 2 rings (SSSR count). The van der Waals surface area contributed by atoms with Gasteiger partial charge in [-0.1, -0.05) is 0 Å². The lowest BCUT2D eigenvalue weighted by Gasteiger charge is -2.22. The number of hydrogen-bond acceptors (Lipinski definition) is 3. The SMILES string of the molecule is Cc1c(CO)cc2c(c1C)OCCO2. The molecule has 0 aromatic heterocycles. The summed E-state index contributed by atoms with van der Waals surface area (Å²) >= 11 is 0. The summed E-state index contributed by atoms with van der Waals surface area (Å²) in [7, 11) is 0. The molecule has 14 heavy (non-hydrogen) atoms. The molecule has 0 spiro atoms. The Morgan fingerprint density at radius 1 is 1.21 bits per heavy atom. The van der Waals surface area contributed by atoms with Crippen LogP contribution < -0.4 is 9.47 Å². The van der Waals surface area contributed by atoms with E-state index in [2.05, 4.69) is 0 Å². The molecule has 1 N–H and O–H groups in total. The molecule has 1 aliphatic heterocycles. The molecule has 1 aromatic rings. The van der Waals surface area contributed by atoms with Crippen molar-refractivity contribution >= 4 is 0 Å². The van der Waals surface area contributed by atoms with Gasteiger partial charge < -0.3 is 14.6 Å². The van der Waals surface area contributed by atoms with Crippen LogP contribution in [0.1, 0.15) is 16.7 Å². The molecule has 0 atom stereocenters. The number of fused-ring (bicyclic) bond motifs is 1. The summed E-state index contributed by atoms with van der Waals surface area (Å²) in [6.45, 7) is 5.20. The first-order chi connectivity index (χ1) is 6.74. The van der Waals surface area contributed by atoms with Crippen LogP contribution in [0.2, 0.25) is 0 Å². The first-order valence-corrected chi connectivity index (χ1v) is 4.73. The standard InChI is InChI=1S/C11H14O3/c1-7-8(2)11-10(5-9(7)6-12)13-3-4-14-11/h5,12H,3-4,6H2,1-2H3. The van der Waals surface area contributed by atoms with Gasteiger partial charge in [0.15, 0.2) is 11.5 Å². The van der Waals surface area contributed by atoms with Crippen LogP contribution in [0.4, 0.5) is 0 Å². The molecule has 0 bridgehead atoms. The molecular weight excluding hydrogens is 180 g/mol. The third-order valence-corrected chi connectivity index (χ3v) is 2.67. The van der Waals surface area contributed by atoms with Gasteiger partial charge in [0.05, 0.1) is 6.61 Å². The molecule has 3 heteroatoms. The average molecular weight is 194 g/mol. The average Bonchev–Trinajstić information content (AvgIpc) is 2.23. The Morgan fingerprint density at radius 2 is 1.93 bits per heavy atom. The second-order valence-corrected chi connectivity index (χ2v) is 3.47. The molecule has 1 aromatic carbocycles. The van der Waals surface area contributed by atoms with Crippen LogP contribution in [0.25, 0.3) is 0 Å². The third-order valence-electron chi connectivity index (χ3n) is 2.67. The van der Waals surface area contributed by atoms with E-state index in [1.807, 2.05) is 19.9 Å². The number of hydrogen-bond donors (Lipinski definition) is 1. The molecule has 3 nitrogen and oxygen atoms in total. The molecule has 0 amide bonds. The summed E-state index contributed by atoms with van der Waals surface area (Å²) < 4.78 is 11.0. The van der Waals surface area contributed by atoms with Crippen molar-refractivity contribution in [1.29, 1.82) is 0 Å². The molecule has 0 unspecified atom stereocenters. The van der Waals surface area contributed by atoms with Crippen LogP contribution in [0, 0.1) is 13.8 Å². The maximum absolute atomic E-state index is 9.15.